The number of pyridine rings is 1. The lowest BCUT2D eigenvalue weighted by molar-refractivity contribution is 0.343. The number of sulfonamides is 1. The molecule has 0 saturated carbocycles. The zero-order valence-electron chi connectivity index (χ0n) is 15.8. The molecule has 0 amide bonds. The van der Waals surface area contributed by atoms with Crippen LogP contribution in [0.4, 0.5) is 0 Å². The highest BCUT2D eigenvalue weighted by molar-refractivity contribution is 7.89. The van der Waals surface area contributed by atoms with Crippen LogP contribution in [0.25, 0.3) is 10.9 Å². The molecule has 6 heteroatoms. The molecule has 1 N–H and O–H groups in total. The summed E-state index contributed by atoms with van der Waals surface area (Å²) in [4.78, 5) is 4.52. The molecule has 142 valence electrons. The van der Waals surface area contributed by atoms with Gasteiger partial charge in [0.05, 0.1) is 11.5 Å². The molecule has 0 saturated heterocycles. The lowest BCUT2D eigenvalue weighted by Gasteiger charge is -2.13. The number of nitrogens with zero attached hydrogens (tertiary/aromatic N) is 1. The first-order valence-corrected chi connectivity index (χ1v) is 10.5. The van der Waals surface area contributed by atoms with Gasteiger partial charge in [0.25, 0.3) is 0 Å². The fraction of sp³-hybridized carbons (Fsp3) is 0.286. The lowest BCUT2D eigenvalue weighted by atomic mass is 10.0. The summed E-state index contributed by atoms with van der Waals surface area (Å²) >= 11 is 0. The van der Waals surface area contributed by atoms with Gasteiger partial charge in [-0.25, -0.2) is 13.1 Å². The monoisotopic (exact) mass is 384 g/mol. The van der Waals surface area contributed by atoms with E-state index in [-0.39, 0.29) is 4.90 Å². The Bertz CT molecular complexity index is 1060. The molecule has 1 heterocycles. The predicted octanol–water partition coefficient (Wildman–Crippen LogP) is 3.77. The van der Waals surface area contributed by atoms with Gasteiger partial charge in [0, 0.05) is 18.1 Å². The van der Waals surface area contributed by atoms with E-state index >= 15 is 0 Å². The van der Waals surface area contributed by atoms with Gasteiger partial charge in [0.2, 0.25) is 10.0 Å². The molecule has 3 rings (SSSR count). The molecule has 5 nitrogen and oxygen atoms in total. The van der Waals surface area contributed by atoms with Crippen LogP contribution in [0.3, 0.4) is 0 Å². The Labute approximate surface area is 160 Å². The maximum absolute atomic E-state index is 12.9. The van der Waals surface area contributed by atoms with Crippen LogP contribution in [0, 0.1) is 13.8 Å². The van der Waals surface area contributed by atoms with E-state index in [4.69, 9.17) is 4.74 Å². The normalized spacial score (nSPS) is 11.7. The van der Waals surface area contributed by atoms with Gasteiger partial charge in [-0.15, -0.1) is 0 Å². The average Bonchev–Trinajstić information content (AvgIpc) is 2.64. The Balaban J connectivity index is 1.83. The molecule has 1 aromatic heterocycles. The fourth-order valence-corrected chi connectivity index (χ4v) is 4.38. The van der Waals surface area contributed by atoms with Gasteiger partial charge >= 0.3 is 0 Å². The van der Waals surface area contributed by atoms with E-state index in [1.54, 1.807) is 30.5 Å². The molecule has 0 aliphatic rings. The maximum Gasteiger partial charge on any atom is 0.241 e. The van der Waals surface area contributed by atoms with Crippen LogP contribution in [0.15, 0.2) is 53.6 Å². The maximum atomic E-state index is 12.9. The SMILES string of the molecule is CCOc1ccc(S(=O)(=O)NCCc2ccc(C)cc2C)c2cccnc12. The summed E-state index contributed by atoms with van der Waals surface area (Å²) < 4.78 is 34.0. The van der Waals surface area contributed by atoms with Crippen molar-refractivity contribution < 1.29 is 13.2 Å². The number of benzene rings is 2. The number of aryl methyl sites for hydroxylation is 2. The topological polar surface area (TPSA) is 68.3 Å². The van der Waals surface area contributed by atoms with Crippen molar-refractivity contribution >= 4 is 20.9 Å². The summed E-state index contributed by atoms with van der Waals surface area (Å²) in [5.74, 6) is 0.585. The van der Waals surface area contributed by atoms with Crippen LogP contribution in [0.1, 0.15) is 23.6 Å². The third-order valence-corrected chi connectivity index (χ3v) is 5.99. The van der Waals surface area contributed by atoms with Crippen LogP contribution in [-0.4, -0.2) is 26.6 Å². The Hall–Kier alpha value is -2.44. The molecule has 27 heavy (non-hydrogen) atoms. The molecule has 0 aliphatic carbocycles. The lowest BCUT2D eigenvalue weighted by Crippen LogP contribution is -2.26. The Morgan fingerprint density at radius 3 is 2.67 bits per heavy atom. The first kappa shape index (κ1) is 19.3. The summed E-state index contributed by atoms with van der Waals surface area (Å²) in [6, 6.07) is 12.9. The van der Waals surface area contributed by atoms with Crippen LogP contribution in [0.2, 0.25) is 0 Å². The molecule has 0 aliphatic heterocycles. The highest BCUT2D eigenvalue weighted by Gasteiger charge is 2.19. The van der Waals surface area contributed by atoms with Crippen molar-refractivity contribution in [3.05, 3.63) is 65.4 Å². The van der Waals surface area contributed by atoms with E-state index < -0.39 is 10.0 Å². The third-order valence-electron chi connectivity index (χ3n) is 4.47. The molecule has 0 spiro atoms. The molecule has 2 aromatic carbocycles. The molecule has 0 atom stereocenters. The van der Waals surface area contributed by atoms with E-state index in [1.807, 2.05) is 26.8 Å². The molecular formula is C21H24N2O3S. The Kier molecular flexibility index (Phi) is 5.77. The molecule has 0 radical (unpaired) electrons. The summed E-state index contributed by atoms with van der Waals surface area (Å²) in [7, 11) is -3.66. The second-order valence-corrected chi connectivity index (χ2v) is 8.21. The van der Waals surface area contributed by atoms with Crippen molar-refractivity contribution in [2.24, 2.45) is 0 Å². The molecule has 0 fully saturated rings. The zero-order valence-corrected chi connectivity index (χ0v) is 16.6. The number of aromatic nitrogens is 1. The minimum absolute atomic E-state index is 0.217. The summed E-state index contributed by atoms with van der Waals surface area (Å²) in [6.45, 7) is 6.80. The second-order valence-electron chi connectivity index (χ2n) is 6.47. The quantitative estimate of drug-likeness (QED) is 0.673. The summed E-state index contributed by atoms with van der Waals surface area (Å²) in [5, 5.41) is 0.558. The number of fused-ring (bicyclic) bond motifs is 1. The van der Waals surface area contributed by atoms with Crippen LogP contribution in [-0.2, 0) is 16.4 Å². The van der Waals surface area contributed by atoms with Crippen LogP contribution in [0.5, 0.6) is 5.75 Å². The molecule has 3 aromatic rings. The van der Waals surface area contributed by atoms with Crippen molar-refractivity contribution in [3.8, 4) is 5.75 Å². The second kappa shape index (κ2) is 8.06. The standard InChI is InChI=1S/C21H24N2O3S/c1-4-26-19-9-10-20(18-6-5-12-22-21(18)19)27(24,25)23-13-11-17-8-7-15(2)14-16(17)3/h5-10,12,14,23H,4,11,13H2,1-3H3. The Morgan fingerprint density at radius 2 is 1.93 bits per heavy atom. The van der Waals surface area contributed by atoms with Gasteiger partial charge in [0.15, 0.2) is 0 Å². The Morgan fingerprint density at radius 1 is 1.11 bits per heavy atom. The number of rotatable bonds is 7. The molecular weight excluding hydrogens is 360 g/mol. The van der Waals surface area contributed by atoms with Gasteiger partial charge < -0.3 is 4.74 Å². The van der Waals surface area contributed by atoms with Crippen molar-refractivity contribution in [3.63, 3.8) is 0 Å². The minimum Gasteiger partial charge on any atom is -0.492 e. The predicted molar refractivity (Wildman–Crippen MR) is 108 cm³/mol. The van der Waals surface area contributed by atoms with Gasteiger partial charge in [-0.1, -0.05) is 23.8 Å². The minimum atomic E-state index is -3.66. The largest absolute Gasteiger partial charge is 0.492 e. The van der Waals surface area contributed by atoms with Crippen molar-refractivity contribution in [1.29, 1.82) is 0 Å². The number of hydrogen-bond acceptors (Lipinski definition) is 4. The van der Waals surface area contributed by atoms with E-state index in [0.717, 1.165) is 5.56 Å². The van der Waals surface area contributed by atoms with E-state index in [0.29, 0.717) is 36.2 Å². The first-order chi connectivity index (χ1) is 12.9. The number of nitrogens with one attached hydrogen (secondary N) is 1. The van der Waals surface area contributed by atoms with Crippen LogP contribution >= 0.6 is 0 Å². The van der Waals surface area contributed by atoms with E-state index in [1.165, 1.54) is 11.1 Å². The molecule has 0 bridgehead atoms. The van der Waals surface area contributed by atoms with Gasteiger partial charge in [0.1, 0.15) is 11.3 Å². The number of ether oxygens (including phenoxy) is 1. The average molecular weight is 385 g/mol. The van der Waals surface area contributed by atoms with Gasteiger partial charge in [-0.05, 0) is 62.6 Å². The van der Waals surface area contributed by atoms with Gasteiger partial charge in [-0.3, -0.25) is 4.98 Å². The fourth-order valence-electron chi connectivity index (χ4n) is 3.15. The van der Waals surface area contributed by atoms with E-state index in [2.05, 4.69) is 21.8 Å². The van der Waals surface area contributed by atoms with Crippen molar-refractivity contribution in [1.82, 2.24) is 9.71 Å². The van der Waals surface area contributed by atoms with E-state index in [9.17, 15) is 8.42 Å². The van der Waals surface area contributed by atoms with Crippen LogP contribution < -0.4 is 9.46 Å². The van der Waals surface area contributed by atoms with Gasteiger partial charge in [-0.2, -0.15) is 0 Å². The highest BCUT2D eigenvalue weighted by Crippen LogP contribution is 2.29. The zero-order chi connectivity index (χ0) is 19.4. The third kappa shape index (κ3) is 4.28. The highest BCUT2D eigenvalue weighted by atomic mass is 32.2. The summed E-state index contributed by atoms with van der Waals surface area (Å²) in [6.07, 6.45) is 2.27. The first-order valence-electron chi connectivity index (χ1n) is 8.98. The molecule has 0 unspecified atom stereocenters. The smallest absolute Gasteiger partial charge is 0.241 e. The van der Waals surface area contributed by atoms with Crippen molar-refractivity contribution in [2.45, 2.75) is 32.1 Å². The summed E-state index contributed by atoms with van der Waals surface area (Å²) in [5.41, 5.74) is 4.06. The number of hydrogen-bond donors (Lipinski definition) is 1. The van der Waals surface area contributed by atoms with Crippen molar-refractivity contribution in [2.75, 3.05) is 13.2 Å².